The van der Waals surface area contributed by atoms with Gasteiger partial charge in [0.2, 0.25) is 0 Å². The average Bonchev–Trinajstić information content (AvgIpc) is 3.64. The van der Waals surface area contributed by atoms with Gasteiger partial charge in [0.1, 0.15) is 68.6 Å². The Morgan fingerprint density at radius 1 is 0.368 bits per heavy atom. The van der Waals surface area contributed by atoms with Crippen LogP contribution in [0.4, 0.5) is 0 Å². The predicted octanol–water partition coefficient (Wildman–Crippen LogP) is 2.99. The third-order valence-corrected chi connectivity index (χ3v) is 11.4. The maximum Gasteiger partial charge on any atom is 0.145 e. The van der Waals surface area contributed by atoms with Crippen molar-refractivity contribution < 1.29 is 0 Å². The van der Waals surface area contributed by atoms with E-state index in [1.165, 1.54) is 0 Å². The number of imidazole rings is 1. The third-order valence-electron chi connectivity index (χ3n) is 11.4. The molecule has 0 saturated heterocycles. The summed E-state index contributed by atoms with van der Waals surface area (Å²) >= 11 is 0. The van der Waals surface area contributed by atoms with Gasteiger partial charge in [-0.15, -0.1) is 21.9 Å². The lowest BCUT2D eigenvalue weighted by molar-refractivity contribution is 1.11. The zero-order chi connectivity index (χ0) is 39.3. The van der Waals surface area contributed by atoms with Gasteiger partial charge in [0, 0.05) is 10.9 Å². The van der Waals surface area contributed by atoms with Crippen molar-refractivity contribution in [3.8, 4) is 39.3 Å². The first kappa shape index (κ1) is 35.4. The summed E-state index contributed by atoms with van der Waals surface area (Å²) in [5.74, 6) is 0.779. The van der Waals surface area contributed by atoms with E-state index in [4.69, 9.17) is 67.8 Å². The van der Waals surface area contributed by atoms with Crippen LogP contribution in [0.3, 0.4) is 0 Å². The standard InChI is InChI=1S/C47H22B8N2/c48-39-35-33(25-19-21-26(22-20-25)47-56-30-16-5-6-17-32(30)57(47)31-18-8-12-24-10-2-4-14-28(24)31)36-38(42(51)46(55)44(53)40(36)49)34(37(35)41(50)45(54)43(39)52)29-15-7-11-23-9-1-3-13-27(23)29/h1-22H. The Kier molecular flexibility index (Phi) is 8.27. The molecule has 10 aromatic rings. The van der Waals surface area contributed by atoms with Gasteiger partial charge in [-0.2, -0.15) is 0 Å². The number of para-hydroxylation sites is 2. The van der Waals surface area contributed by atoms with Gasteiger partial charge >= 0.3 is 0 Å². The molecule has 16 radical (unpaired) electrons. The van der Waals surface area contributed by atoms with Gasteiger partial charge in [-0.1, -0.05) is 137 Å². The molecule has 0 aliphatic heterocycles. The fourth-order valence-corrected chi connectivity index (χ4v) is 8.60. The summed E-state index contributed by atoms with van der Waals surface area (Å²) in [6.45, 7) is 0. The Labute approximate surface area is 341 Å². The number of rotatable bonds is 4. The highest BCUT2D eigenvalue weighted by molar-refractivity contribution is 6.71. The number of nitrogens with zero attached hydrogens (tertiary/aromatic N) is 2. The monoisotopic (exact) mass is 702 g/mol. The summed E-state index contributed by atoms with van der Waals surface area (Å²) in [5, 5.41) is 6.51. The molecule has 0 aliphatic carbocycles. The molecule has 0 aliphatic rings. The van der Waals surface area contributed by atoms with Crippen LogP contribution in [0.25, 0.3) is 93.5 Å². The van der Waals surface area contributed by atoms with E-state index < -0.39 is 0 Å². The fraction of sp³-hybridized carbons (Fsp3) is 0. The maximum absolute atomic E-state index is 7.02. The molecule has 1 aromatic heterocycles. The van der Waals surface area contributed by atoms with E-state index in [2.05, 4.69) is 47.0 Å². The lowest BCUT2D eigenvalue weighted by Gasteiger charge is -2.29. The molecule has 0 unspecified atom stereocenters. The van der Waals surface area contributed by atoms with Crippen molar-refractivity contribution >= 4 is 161 Å². The minimum atomic E-state index is 0.167. The normalized spacial score (nSPS) is 11.7. The molecule has 0 saturated carbocycles. The molecule has 0 bridgehead atoms. The van der Waals surface area contributed by atoms with Crippen LogP contribution in [0.5, 0.6) is 0 Å². The van der Waals surface area contributed by atoms with Crippen molar-refractivity contribution in [1.82, 2.24) is 9.55 Å². The average molecular weight is 701 g/mol. The summed E-state index contributed by atoms with van der Waals surface area (Å²) in [4.78, 5) is 5.16. The summed E-state index contributed by atoms with van der Waals surface area (Å²) < 4.78 is 2.21. The minimum absolute atomic E-state index is 0.167. The van der Waals surface area contributed by atoms with Crippen molar-refractivity contribution in [2.45, 2.75) is 0 Å². The molecule has 10 rings (SSSR count). The number of aromatic nitrogens is 2. The first-order valence-corrected chi connectivity index (χ1v) is 18.5. The van der Waals surface area contributed by atoms with E-state index >= 15 is 0 Å². The second-order valence-electron chi connectivity index (χ2n) is 14.4. The Balaban J connectivity index is 1.31. The largest absolute Gasteiger partial charge is 0.292 e. The number of fused-ring (bicyclic) bond motifs is 5. The lowest BCUT2D eigenvalue weighted by atomic mass is 9.59. The quantitative estimate of drug-likeness (QED) is 0.204. The molecule has 0 spiro atoms. The molecule has 9 aromatic carbocycles. The van der Waals surface area contributed by atoms with Crippen molar-refractivity contribution in [1.29, 1.82) is 0 Å². The number of benzene rings is 9. The van der Waals surface area contributed by atoms with Gasteiger partial charge in [0.05, 0.1) is 16.7 Å². The van der Waals surface area contributed by atoms with Crippen molar-refractivity contribution in [2.75, 3.05) is 0 Å². The first-order chi connectivity index (χ1) is 27.7. The molecule has 0 fully saturated rings. The van der Waals surface area contributed by atoms with Crippen molar-refractivity contribution in [2.24, 2.45) is 0 Å². The minimum Gasteiger partial charge on any atom is -0.292 e. The highest BCUT2D eigenvalue weighted by Crippen LogP contribution is 2.43. The summed E-state index contributed by atoms with van der Waals surface area (Å²) in [7, 11) is 54.6. The zero-order valence-corrected chi connectivity index (χ0v) is 30.7. The van der Waals surface area contributed by atoms with Gasteiger partial charge in [0.15, 0.2) is 0 Å². The third kappa shape index (κ3) is 5.19. The fourth-order valence-electron chi connectivity index (χ4n) is 8.60. The van der Waals surface area contributed by atoms with E-state index in [0.29, 0.717) is 32.7 Å². The summed E-state index contributed by atoms with van der Waals surface area (Å²) in [6.07, 6.45) is 0. The van der Waals surface area contributed by atoms with Crippen LogP contribution in [-0.2, 0) is 0 Å². The van der Waals surface area contributed by atoms with Gasteiger partial charge < -0.3 is 0 Å². The van der Waals surface area contributed by atoms with Crippen molar-refractivity contribution in [3.05, 3.63) is 133 Å². The number of hydrogen-bond acceptors (Lipinski definition) is 1. The highest BCUT2D eigenvalue weighted by atomic mass is 15.1. The summed E-state index contributed by atoms with van der Waals surface area (Å²) in [5.41, 5.74) is 8.39. The van der Waals surface area contributed by atoms with Crippen LogP contribution < -0.4 is 43.7 Å². The Bertz CT molecular complexity index is 3240. The van der Waals surface area contributed by atoms with Crippen LogP contribution in [0, 0.1) is 0 Å². The van der Waals surface area contributed by atoms with Gasteiger partial charge in [-0.3, -0.25) is 4.57 Å². The molecule has 57 heavy (non-hydrogen) atoms. The molecule has 1 heterocycles. The van der Waals surface area contributed by atoms with E-state index in [9.17, 15) is 0 Å². The SMILES string of the molecule is [B]c1c([B])c([B])c2c(-c3cccc4ccccc34)c3c([B])c([B])c([B])c([B])c3c(-c3ccc(-c4nc5ccccc5n4-c4cccc5ccccc45)cc3)c2c1[B]. The first-order valence-electron chi connectivity index (χ1n) is 18.5. The van der Waals surface area contributed by atoms with Crippen LogP contribution in [-0.4, -0.2) is 72.3 Å². The highest BCUT2D eigenvalue weighted by Gasteiger charge is 2.26. The number of hydrogen-bond donors (Lipinski definition) is 0. The molecular formula is C47H22B8N2. The Morgan fingerprint density at radius 3 is 1.44 bits per heavy atom. The van der Waals surface area contributed by atoms with Crippen LogP contribution in [0.2, 0.25) is 0 Å². The lowest BCUT2D eigenvalue weighted by Crippen LogP contribution is -2.50. The van der Waals surface area contributed by atoms with Crippen LogP contribution >= 0.6 is 0 Å². The van der Waals surface area contributed by atoms with E-state index in [-0.39, 0.29) is 43.7 Å². The van der Waals surface area contributed by atoms with E-state index in [1.807, 2.05) is 91.0 Å². The maximum atomic E-state index is 7.02. The zero-order valence-electron chi connectivity index (χ0n) is 30.7. The smallest absolute Gasteiger partial charge is 0.145 e. The second-order valence-corrected chi connectivity index (χ2v) is 14.4. The molecular weight excluding hydrogens is 679 g/mol. The molecule has 10 heteroatoms. The second kappa shape index (κ2) is 13.3. The van der Waals surface area contributed by atoms with Gasteiger partial charge in [-0.05, 0) is 78.2 Å². The molecule has 0 N–H and O–H groups in total. The summed E-state index contributed by atoms with van der Waals surface area (Å²) in [6, 6.07) is 45.0. The molecule has 2 nitrogen and oxygen atoms in total. The van der Waals surface area contributed by atoms with Crippen LogP contribution in [0.15, 0.2) is 133 Å². The topological polar surface area (TPSA) is 17.8 Å². The van der Waals surface area contributed by atoms with E-state index in [1.54, 1.807) is 0 Å². The van der Waals surface area contributed by atoms with Gasteiger partial charge in [-0.25, -0.2) is 4.98 Å². The predicted molar refractivity (Wildman–Crippen MR) is 251 cm³/mol. The van der Waals surface area contributed by atoms with Gasteiger partial charge in [0.25, 0.3) is 0 Å². The Hall–Kier alpha value is -5.99. The Morgan fingerprint density at radius 2 is 0.825 bits per heavy atom. The van der Waals surface area contributed by atoms with Crippen molar-refractivity contribution in [3.63, 3.8) is 0 Å². The van der Waals surface area contributed by atoms with Crippen LogP contribution in [0.1, 0.15) is 0 Å². The molecule has 244 valence electrons. The molecule has 0 atom stereocenters. The van der Waals surface area contributed by atoms with E-state index in [0.717, 1.165) is 60.8 Å². The molecule has 0 amide bonds.